The number of carbonyl (C=O) groups is 2. The highest BCUT2D eigenvalue weighted by Crippen LogP contribution is 2.33. The predicted octanol–water partition coefficient (Wildman–Crippen LogP) is 3.96. The van der Waals surface area contributed by atoms with Crippen LogP contribution < -0.4 is 0 Å². The summed E-state index contributed by atoms with van der Waals surface area (Å²) in [6, 6.07) is 14.9. The zero-order valence-corrected chi connectivity index (χ0v) is 14.2. The van der Waals surface area contributed by atoms with Crippen molar-refractivity contribution in [3.05, 3.63) is 65.9 Å². The first-order valence-electron chi connectivity index (χ1n) is 8.21. The zero-order chi connectivity index (χ0) is 17.8. The largest absolute Gasteiger partial charge is 0.462 e. The van der Waals surface area contributed by atoms with Gasteiger partial charge in [0.25, 0.3) is 0 Å². The maximum Gasteiger partial charge on any atom is 0.341 e. The third-order valence-electron chi connectivity index (χ3n) is 3.85. The fourth-order valence-corrected chi connectivity index (χ4v) is 2.90. The van der Waals surface area contributed by atoms with Gasteiger partial charge in [-0.1, -0.05) is 36.4 Å². The average molecular weight is 337 g/mol. The molecular weight excluding hydrogens is 318 g/mol. The maximum absolute atomic E-state index is 12.7. The van der Waals surface area contributed by atoms with Crippen molar-refractivity contribution in [2.75, 3.05) is 13.2 Å². The summed E-state index contributed by atoms with van der Waals surface area (Å²) in [5.74, 6) is -1.07. The molecule has 0 saturated heterocycles. The van der Waals surface area contributed by atoms with Crippen LogP contribution >= 0.6 is 0 Å². The molecular formula is C20H19NO4. The fraction of sp³-hybridized carbons (Fsp3) is 0.200. The number of hydrogen-bond donors (Lipinski definition) is 0. The number of carbonyl (C=O) groups excluding carboxylic acids is 2. The SMILES string of the molecule is CCOC(=O)c1c(C(=O)OCC)c2ccccn2c1-c1ccccc1. The first-order valence-corrected chi connectivity index (χ1v) is 8.21. The summed E-state index contributed by atoms with van der Waals surface area (Å²) < 4.78 is 12.2. The number of pyridine rings is 1. The van der Waals surface area contributed by atoms with Gasteiger partial charge in [0.2, 0.25) is 0 Å². The van der Waals surface area contributed by atoms with Gasteiger partial charge in [0.15, 0.2) is 0 Å². The van der Waals surface area contributed by atoms with E-state index in [0.29, 0.717) is 11.2 Å². The average Bonchev–Trinajstić information content (AvgIpc) is 2.98. The van der Waals surface area contributed by atoms with Crippen LogP contribution in [0.4, 0.5) is 0 Å². The number of aromatic nitrogens is 1. The van der Waals surface area contributed by atoms with Gasteiger partial charge in [0, 0.05) is 6.20 Å². The van der Waals surface area contributed by atoms with Crippen LogP contribution in [-0.4, -0.2) is 29.6 Å². The van der Waals surface area contributed by atoms with Gasteiger partial charge in [0.1, 0.15) is 11.1 Å². The first-order chi connectivity index (χ1) is 12.2. The summed E-state index contributed by atoms with van der Waals surface area (Å²) in [7, 11) is 0. The van der Waals surface area contributed by atoms with Crippen molar-refractivity contribution in [3.63, 3.8) is 0 Å². The fourth-order valence-electron chi connectivity index (χ4n) is 2.90. The molecule has 0 saturated carbocycles. The quantitative estimate of drug-likeness (QED) is 0.661. The Bertz CT molecular complexity index is 912. The molecule has 25 heavy (non-hydrogen) atoms. The van der Waals surface area contributed by atoms with E-state index in [4.69, 9.17) is 9.47 Å². The molecule has 5 heteroatoms. The molecule has 0 fully saturated rings. The van der Waals surface area contributed by atoms with E-state index in [1.807, 2.05) is 53.1 Å². The van der Waals surface area contributed by atoms with Crippen molar-refractivity contribution in [2.24, 2.45) is 0 Å². The Labute approximate surface area is 145 Å². The van der Waals surface area contributed by atoms with E-state index in [0.717, 1.165) is 5.56 Å². The van der Waals surface area contributed by atoms with Crippen LogP contribution in [0.25, 0.3) is 16.8 Å². The molecule has 0 aliphatic rings. The molecule has 0 unspecified atom stereocenters. The van der Waals surface area contributed by atoms with Crippen LogP contribution in [0.3, 0.4) is 0 Å². The number of rotatable bonds is 5. The molecule has 3 aromatic rings. The smallest absolute Gasteiger partial charge is 0.341 e. The van der Waals surface area contributed by atoms with Crippen molar-refractivity contribution in [1.29, 1.82) is 0 Å². The number of ether oxygens (including phenoxy) is 2. The van der Waals surface area contributed by atoms with E-state index < -0.39 is 11.9 Å². The maximum atomic E-state index is 12.7. The Kier molecular flexibility index (Phi) is 4.84. The molecule has 0 aliphatic carbocycles. The molecule has 0 spiro atoms. The first kappa shape index (κ1) is 16.8. The number of benzene rings is 1. The third kappa shape index (κ3) is 3.01. The summed E-state index contributed by atoms with van der Waals surface area (Å²) in [4.78, 5) is 25.3. The monoisotopic (exact) mass is 337 g/mol. The highest BCUT2D eigenvalue weighted by Gasteiger charge is 2.30. The normalized spacial score (nSPS) is 10.6. The Morgan fingerprint density at radius 3 is 2.08 bits per heavy atom. The molecule has 2 aromatic heterocycles. The van der Waals surface area contributed by atoms with Gasteiger partial charge in [-0.2, -0.15) is 0 Å². The second-order valence-corrected chi connectivity index (χ2v) is 5.36. The van der Waals surface area contributed by atoms with Crippen LogP contribution in [-0.2, 0) is 9.47 Å². The van der Waals surface area contributed by atoms with E-state index in [2.05, 4.69) is 0 Å². The minimum absolute atomic E-state index is 0.224. The van der Waals surface area contributed by atoms with Gasteiger partial charge < -0.3 is 13.9 Å². The second kappa shape index (κ2) is 7.21. The number of esters is 2. The van der Waals surface area contributed by atoms with Crippen molar-refractivity contribution in [3.8, 4) is 11.3 Å². The minimum Gasteiger partial charge on any atom is -0.462 e. The summed E-state index contributed by atoms with van der Waals surface area (Å²) in [6.07, 6.45) is 1.82. The molecule has 0 N–H and O–H groups in total. The van der Waals surface area contributed by atoms with E-state index in [9.17, 15) is 9.59 Å². The lowest BCUT2D eigenvalue weighted by Crippen LogP contribution is -2.13. The van der Waals surface area contributed by atoms with Crippen molar-refractivity contribution >= 4 is 17.5 Å². The third-order valence-corrected chi connectivity index (χ3v) is 3.85. The summed E-state index contributed by atoms with van der Waals surface area (Å²) >= 11 is 0. The molecule has 0 atom stereocenters. The van der Waals surface area contributed by atoms with Crippen LogP contribution in [0.5, 0.6) is 0 Å². The van der Waals surface area contributed by atoms with Crippen molar-refractivity contribution in [2.45, 2.75) is 13.8 Å². The van der Waals surface area contributed by atoms with Crippen LogP contribution in [0.15, 0.2) is 54.7 Å². The molecule has 2 heterocycles. The van der Waals surface area contributed by atoms with E-state index >= 15 is 0 Å². The standard InChI is InChI=1S/C20H19NO4/c1-3-24-19(22)16-15-12-8-9-13-21(15)18(14-10-6-5-7-11-14)17(16)20(23)25-4-2/h5-13H,3-4H2,1-2H3. The Morgan fingerprint density at radius 2 is 1.44 bits per heavy atom. The van der Waals surface area contributed by atoms with Crippen molar-refractivity contribution < 1.29 is 19.1 Å². The molecule has 5 nitrogen and oxygen atoms in total. The highest BCUT2D eigenvalue weighted by atomic mass is 16.5. The van der Waals surface area contributed by atoms with Gasteiger partial charge in [-0.05, 0) is 31.5 Å². The predicted molar refractivity (Wildman–Crippen MR) is 94.7 cm³/mol. The molecule has 1 aromatic carbocycles. The lowest BCUT2D eigenvalue weighted by Gasteiger charge is -2.07. The molecule has 0 aliphatic heterocycles. The number of fused-ring (bicyclic) bond motifs is 1. The van der Waals surface area contributed by atoms with E-state index in [1.165, 1.54) is 0 Å². The summed E-state index contributed by atoms with van der Waals surface area (Å²) in [5, 5.41) is 0. The Hall–Kier alpha value is -3.08. The molecule has 3 rings (SSSR count). The Morgan fingerprint density at radius 1 is 0.840 bits per heavy atom. The van der Waals surface area contributed by atoms with Gasteiger partial charge in [-0.3, -0.25) is 0 Å². The molecule has 0 radical (unpaired) electrons. The lowest BCUT2D eigenvalue weighted by molar-refractivity contribution is 0.0482. The van der Waals surface area contributed by atoms with Gasteiger partial charge in [-0.25, -0.2) is 9.59 Å². The number of hydrogen-bond acceptors (Lipinski definition) is 4. The summed E-state index contributed by atoms with van der Waals surface area (Å²) in [6.45, 7) is 3.92. The van der Waals surface area contributed by atoms with E-state index in [-0.39, 0.29) is 24.3 Å². The molecule has 0 amide bonds. The Balaban J connectivity index is 2.38. The second-order valence-electron chi connectivity index (χ2n) is 5.36. The topological polar surface area (TPSA) is 57.0 Å². The minimum atomic E-state index is -0.534. The van der Waals surface area contributed by atoms with Gasteiger partial charge >= 0.3 is 11.9 Å². The van der Waals surface area contributed by atoms with E-state index in [1.54, 1.807) is 19.9 Å². The molecule has 0 bridgehead atoms. The summed E-state index contributed by atoms with van der Waals surface area (Å²) in [5.41, 5.74) is 2.53. The lowest BCUT2D eigenvalue weighted by atomic mass is 10.0. The van der Waals surface area contributed by atoms with Crippen LogP contribution in [0.1, 0.15) is 34.6 Å². The van der Waals surface area contributed by atoms with Gasteiger partial charge in [-0.15, -0.1) is 0 Å². The number of nitrogens with zero attached hydrogens (tertiary/aromatic N) is 1. The molecule has 128 valence electrons. The van der Waals surface area contributed by atoms with Crippen LogP contribution in [0, 0.1) is 0 Å². The zero-order valence-electron chi connectivity index (χ0n) is 14.2. The van der Waals surface area contributed by atoms with Crippen LogP contribution in [0.2, 0.25) is 0 Å². The van der Waals surface area contributed by atoms with Crippen molar-refractivity contribution in [1.82, 2.24) is 4.40 Å². The van der Waals surface area contributed by atoms with Gasteiger partial charge in [0.05, 0.1) is 24.4 Å². The highest BCUT2D eigenvalue weighted by molar-refractivity contribution is 6.12.